The van der Waals surface area contributed by atoms with Crippen LogP contribution in [0.25, 0.3) is 0 Å². The summed E-state index contributed by atoms with van der Waals surface area (Å²) in [5.74, 6) is -0.695. The van der Waals surface area contributed by atoms with Gasteiger partial charge in [-0.25, -0.2) is 0 Å². The molecule has 0 fully saturated rings. The van der Waals surface area contributed by atoms with Gasteiger partial charge in [0.05, 0.1) is 13.5 Å². The van der Waals surface area contributed by atoms with E-state index in [9.17, 15) is 13.8 Å². The normalized spacial score (nSPS) is 15.4. The van der Waals surface area contributed by atoms with Gasteiger partial charge in [-0.05, 0) is 13.3 Å². The van der Waals surface area contributed by atoms with Crippen molar-refractivity contribution in [3.8, 4) is 0 Å². The minimum Gasteiger partial charge on any atom is -0.469 e. The highest BCUT2D eigenvalue weighted by Gasteiger charge is 2.26. The summed E-state index contributed by atoms with van der Waals surface area (Å²) >= 11 is 0. The van der Waals surface area contributed by atoms with Gasteiger partial charge in [-0.3, -0.25) is 13.8 Å². The largest absolute Gasteiger partial charge is 0.469 e. The number of amides is 1. The molecule has 3 unspecified atom stereocenters. The third-order valence-corrected chi connectivity index (χ3v) is 4.49. The van der Waals surface area contributed by atoms with E-state index in [1.165, 1.54) is 7.11 Å². The minimum atomic E-state index is -1.41. The molecule has 0 bridgehead atoms. The topological polar surface area (TPSA) is 81.7 Å². The Balaban J connectivity index is 4.16. The van der Waals surface area contributed by atoms with E-state index in [0.717, 1.165) is 0 Å². The molecule has 0 saturated carbocycles. The van der Waals surface area contributed by atoms with Crippen LogP contribution in [0.15, 0.2) is 0 Å². The zero-order valence-corrected chi connectivity index (χ0v) is 12.7. The Kier molecular flexibility index (Phi) is 9.42. The van der Waals surface area contributed by atoms with Crippen molar-refractivity contribution in [1.82, 2.24) is 5.32 Å². The van der Waals surface area contributed by atoms with Crippen molar-refractivity contribution in [1.29, 1.82) is 0 Å². The Bertz CT molecular complexity index is 321. The molecule has 0 spiro atoms. The maximum absolute atomic E-state index is 12.0. The van der Waals surface area contributed by atoms with Gasteiger partial charge >= 0.3 is 5.97 Å². The molecule has 19 heavy (non-hydrogen) atoms. The van der Waals surface area contributed by atoms with Crippen molar-refractivity contribution in [2.75, 3.05) is 27.4 Å². The molecule has 0 aliphatic carbocycles. The molecular weight excluding hydrogens is 270 g/mol. The Morgan fingerprint density at radius 1 is 1.26 bits per heavy atom. The molecule has 0 radical (unpaired) electrons. The average molecular weight is 293 g/mol. The molecule has 0 saturated heterocycles. The van der Waals surface area contributed by atoms with Crippen molar-refractivity contribution in [3.63, 3.8) is 0 Å². The highest BCUT2D eigenvalue weighted by molar-refractivity contribution is 7.87. The summed E-state index contributed by atoms with van der Waals surface area (Å²) in [5.41, 5.74) is 0. The molecule has 6 nitrogen and oxygen atoms in total. The van der Waals surface area contributed by atoms with E-state index in [1.54, 1.807) is 21.0 Å². The van der Waals surface area contributed by atoms with E-state index in [0.29, 0.717) is 19.6 Å². The van der Waals surface area contributed by atoms with Crippen LogP contribution in [0, 0.1) is 0 Å². The first-order chi connectivity index (χ1) is 8.93. The highest BCUT2D eigenvalue weighted by atomic mass is 32.2. The molecule has 1 amide bonds. The predicted octanol–water partition coefficient (Wildman–Crippen LogP) is 0.228. The lowest BCUT2D eigenvalue weighted by Gasteiger charge is -2.16. The molecule has 7 heteroatoms. The molecule has 1 N–H and O–H groups in total. The average Bonchev–Trinajstić information content (AvgIpc) is 2.41. The van der Waals surface area contributed by atoms with E-state index in [4.69, 9.17) is 4.74 Å². The molecular formula is C12H23NO5S. The van der Waals surface area contributed by atoms with Crippen LogP contribution < -0.4 is 5.32 Å². The quantitative estimate of drug-likeness (QED) is 0.486. The molecule has 0 aliphatic heterocycles. The SMILES string of the molecule is COCCCNC(=O)C(C)S(=O)C(C)CC(=O)OC. The summed E-state index contributed by atoms with van der Waals surface area (Å²) in [7, 11) is 1.46. The van der Waals surface area contributed by atoms with Crippen LogP contribution in [0.5, 0.6) is 0 Å². The minimum absolute atomic E-state index is 0.0460. The zero-order valence-electron chi connectivity index (χ0n) is 11.9. The van der Waals surface area contributed by atoms with Gasteiger partial charge in [0, 0.05) is 36.3 Å². The highest BCUT2D eigenvalue weighted by Crippen LogP contribution is 2.09. The first-order valence-electron chi connectivity index (χ1n) is 6.16. The van der Waals surface area contributed by atoms with E-state index < -0.39 is 27.3 Å². The number of nitrogens with one attached hydrogen (secondary N) is 1. The summed E-state index contributed by atoms with van der Waals surface area (Å²) in [6, 6.07) is 0. The van der Waals surface area contributed by atoms with Gasteiger partial charge in [-0.1, -0.05) is 6.92 Å². The van der Waals surface area contributed by atoms with Crippen molar-refractivity contribution in [2.24, 2.45) is 0 Å². The van der Waals surface area contributed by atoms with Crippen LogP contribution in [-0.2, 0) is 29.9 Å². The molecule has 0 aromatic rings. The van der Waals surface area contributed by atoms with Crippen molar-refractivity contribution >= 4 is 22.7 Å². The van der Waals surface area contributed by atoms with E-state index in [1.807, 2.05) is 0 Å². The first kappa shape index (κ1) is 18.0. The third-order valence-electron chi connectivity index (χ3n) is 2.62. The van der Waals surface area contributed by atoms with E-state index >= 15 is 0 Å². The monoisotopic (exact) mass is 293 g/mol. The summed E-state index contributed by atoms with van der Waals surface area (Å²) < 4.78 is 21.4. The second-order valence-corrected chi connectivity index (χ2v) is 6.37. The summed E-state index contributed by atoms with van der Waals surface area (Å²) in [5, 5.41) is 1.63. The summed E-state index contributed by atoms with van der Waals surface area (Å²) in [4.78, 5) is 22.8. The number of carbonyl (C=O) groups is 2. The van der Waals surface area contributed by atoms with Gasteiger partial charge in [0.25, 0.3) is 0 Å². The van der Waals surface area contributed by atoms with Crippen LogP contribution >= 0.6 is 0 Å². The number of hydrogen-bond donors (Lipinski definition) is 1. The van der Waals surface area contributed by atoms with Gasteiger partial charge in [-0.15, -0.1) is 0 Å². The number of ether oxygens (including phenoxy) is 2. The summed E-state index contributed by atoms with van der Waals surface area (Å²) in [6.45, 7) is 4.31. The molecule has 112 valence electrons. The fraction of sp³-hybridized carbons (Fsp3) is 0.833. The lowest BCUT2D eigenvalue weighted by molar-refractivity contribution is -0.140. The second kappa shape index (κ2) is 9.91. The van der Waals surface area contributed by atoms with Gasteiger partial charge in [-0.2, -0.15) is 0 Å². The predicted molar refractivity (Wildman–Crippen MR) is 73.2 cm³/mol. The zero-order chi connectivity index (χ0) is 14.8. The lowest BCUT2D eigenvalue weighted by atomic mass is 10.3. The maximum atomic E-state index is 12.0. The van der Waals surface area contributed by atoms with Crippen molar-refractivity contribution in [3.05, 3.63) is 0 Å². The van der Waals surface area contributed by atoms with Crippen LogP contribution in [-0.4, -0.2) is 54.0 Å². The molecule has 3 atom stereocenters. The molecule has 0 heterocycles. The Morgan fingerprint density at radius 2 is 1.89 bits per heavy atom. The smallest absolute Gasteiger partial charge is 0.306 e. The van der Waals surface area contributed by atoms with Gasteiger partial charge in [0.15, 0.2) is 0 Å². The fourth-order valence-corrected chi connectivity index (χ4v) is 2.72. The molecule has 0 aromatic heterocycles. The standard InChI is InChI=1S/C12H23NO5S/c1-9(8-11(14)18-4)19(16)10(2)12(15)13-6-5-7-17-3/h9-10H,5-8H2,1-4H3,(H,13,15). The molecule has 0 aliphatic rings. The fourth-order valence-electron chi connectivity index (χ4n) is 1.43. The van der Waals surface area contributed by atoms with Crippen LogP contribution in [0.3, 0.4) is 0 Å². The van der Waals surface area contributed by atoms with Crippen LogP contribution in [0.4, 0.5) is 0 Å². The lowest BCUT2D eigenvalue weighted by Crippen LogP contribution is -2.39. The summed E-state index contributed by atoms with van der Waals surface area (Å²) in [6.07, 6.45) is 0.754. The number of carbonyl (C=O) groups excluding carboxylic acids is 2. The second-order valence-electron chi connectivity index (χ2n) is 4.20. The third kappa shape index (κ3) is 7.27. The molecule has 0 aromatic carbocycles. The number of esters is 1. The van der Waals surface area contributed by atoms with Gasteiger partial charge < -0.3 is 14.8 Å². The number of methoxy groups -OCH3 is 2. The van der Waals surface area contributed by atoms with E-state index in [2.05, 4.69) is 10.1 Å². The first-order valence-corrected chi connectivity index (χ1v) is 7.44. The maximum Gasteiger partial charge on any atom is 0.306 e. The van der Waals surface area contributed by atoms with Gasteiger partial charge in [0.1, 0.15) is 5.25 Å². The van der Waals surface area contributed by atoms with Gasteiger partial charge in [0.2, 0.25) is 5.91 Å². The Hall–Kier alpha value is -0.950. The Morgan fingerprint density at radius 3 is 2.42 bits per heavy atom. The van der Waals surface area contributed by atoms with Crippen LogP contribution in [0.2, 0.25) is 0 Å². The van der Waals surface area contributed by atoms with Crippen LogP contribution in [0.1, 0.15) is 26.7 Å². The van der Waals surface area contributed by atoms with Crippen molar-refractivity contribution in [2.45, 2.75) is 37.2 Å². The number of rotatable bonds is 9. The molecule has 0 rings (SSSR count). The Labute approximate surface area is 116 Å². The number of hydrogen-bond acceptors (Lipinski definition) is 5. The van der Waals surface area contributed by atoms with Crippen molar-refractivity contribution < 1.29 is 23.3 Å². The van der Waals surface area contributed by atoms with E-state index in [-0.39, 0.29) is 12.3 Å².